The molecule has 2 aromatic rings. The van der Waals surface area contributed by atoms with E-state index in [1.807, 2.05) is 0 Å². The number of aliphatic carboxylic acids is 1. The van der Waals surface area contributed by atoms with Gasteiger partial charge in [0.05, 0.1) is 0 Å². The molecule has 3 atom stereocenters. The third kappa shape index (κ3) is 5.77. The number of carbonyl (C=O) groups excluding carboxylic acids is 1. The highest BCUT2D eigenvalue weighted by Crippen LogP contribution is 2.19. The highest BCUT2D eigenvalue weighted by molar-refractivity contribution is 5.95. The van der Waals surface area contributed by atoms with Gasteiger partial charge in [-0.25, -0.2) is 9.86 Å². The Morgan fingerprint density at radius 3 is 2.23 bits per heavy atom. The van der Waals surface area contributed by atoms with Crippen LogP contribution in [-0.4, -0.2) is 50.3 Å². The SMILES string of the molecule is CCC(C(C)ON(C(=O)c1ccccc1)[C@H](Cc1ccc(O)cc1)C(=O)O)[N+](=O)[O-]. The number of nitro groups is 1. The van der Waals surface area contributed by atoms with Gasteiger partial charge in [0, 0.05) is 23.3 Å². The molecule has 1 amide bonds. The molecule has 9 nitrogen and oxygen atoms in total. The van der Waals surface area contributed by atoms with E-state index >= 15 is 0 Å². The number of carbonyl (C=O) groups is 2. The first-order valence-electron chi connectivity index (χ1n) is 9.44. The van der Waals surface area contributed by atoms with Gasteiger partial charge in [-0.15, -0.1) is 0 Å². The number of rotatable bonds is 10. The maximum Gasteiger partial charge on any atom is 0.329 e. The van der Waals surface area contributed by atoms with Crippen LogP contribution >= 0.6 is 0 Å². The fourth-order valence-corrected chi connectivity index (χ4v) is 3.00. The average molecular weight is 416 g/mol. The molecule has 0 saturated heterocycles. The van der Waals surface area contributed by atoms with Crippen LogP contribution in [0.15, 0.2) is 54.6 Å². The molecule has 30 heavy (non-hydrogen) atoms. The van der Waals surface area contributed by atoms with Crippen LogP contribution in [0.2, 0.25) is 0 Å². The smallest absolute Gasteiger partial charge is 0.329 e. The van der Waals surface area contributed by atoms with Crippen molar-refractivity contribution in [3.8, 4) is 5.75 Å². The van der Waals surface area contributed by atoms with E-state index in [9.17, 15) is 29.9 Å². The van der Waals surface area contributed by atoms with Crippen LogP contribution in [0, 0.1) is 10.1 Å². The Balaban J connectivity index is 2.40. The minimum Gasteiger partial charge on any atom is -0.508 e. The standard InChI is InChI=1S/C21H24N2O7/c1-3-18(23(28)29)14(2)30-22(20(25)16-7-5-4-6-8-16)19(21(26)27)13-15-9-11-17(24)12-10-15/h4-12,14,18-19,24H,3,13H2,1-2H3,(H,26,27)/t14?,18?,19-/m1/s1. The van der Waals surface area contributed by atoms with Crippen LogP contribution in [0.3, 0.4) is 0 Å². The van der Waals surface area contributed by atoms with Crippen LogP contribution in [0.1, 0.15) is 36.2 Å². The fraction of sp³-hybridized carbons (Fsp3) is 0.333. The molecule has 0 aliphatic heterocycles. The second-order valence-corrected chi connectivity index (χ2v) is 6.79. The zero-order valence-electron chi connectivity index (χ0n) is 16.7. The zero-order valence-corrected chi connectivity index (χ0v) is 16.7. The Kier molecular flexibility index (Phi) is 7.88. The molecule has 0 spiro atoms. The minimum atomic E-state index is -1.44. The van der Waals surface area contributed by atoms with E-state index in [2.05, 4.69) is 0 Å². The molecule has 0 aliphatic rings. The quantitative estimate of drug-likeness (QED) is 0.450. The van der Waals surface area contributed by atoms with Gasteiger partial charge < -0.3 is 10.2 Å². The number of carboxylic acids is 1. The molecule has 2 N–H and O–H groups in total. The van der Waals surface area contributed by atoms with Crippen LogP contribution in [0.4, 0.5) is 0 Å². The molecule has 0 saturated carbocycles. The van der Waals surface area contributed by atoms with E-state index in [0.29, 0.717) is 10.6 Å². The zero-order chi connectivity index (χ0) is 22.3. The van der Waals surface area contributed by atoms with Crippen molar-refractivity contribution in [3.63, 3.8) is 0 Å². The predicted octanol–water partition coefficient (Wildman–Crippen LogP) is 2.91. The van der Waals surface area contributed by atoms with Crippen LogP contribution in [0.5, 0.6) is 5.75 Å². The third-order valence-corrected chi connectivity index (χ3v) is 4.67. The minimum absolute atomic E-state index is 0.0180. The largest absolute Gasteiger partial charge is 0.508 e. The van der Waals surface area contributed by atoms with Crippen molar-refractivity contribution in [2.24, 2.45) is 0 Å². The third-order valence-electron chi connectivity index (χ3n) is 4.67. The molecule has 0 bridgehead atoms. The summed E-state index contributed by atoms with van der Waals surface area (Å²) < 4.78 is 0. The van der Waals surface area contributed by atoms with E-state index in [0.717, 1.165) is 0 Å². The molecular weight excluding hydrogens is 392 g/mol. The number of phenolic OH excluding ortho intramolecular Hbond substituents is 1. The van der Waals surface area contributed by atoms with E-state index in [4.69, 9.17) is 4.84 Å². The summed E-state index contributed by atoms with van der Waals surface area (Å²) >= 11 is 0. The Morgan fingerprint density at radius 1 is 1.13 bits per heavy atom. The van der Waals surface area contributed by atoms with Crippen molar-refractivity contribution >= 4 is 11.9 Å². The van der Waals surface area contributed by atoms with Gasteiger partial charge in [-0.3, -0.25) is 19.7 Å². The van der Waals surface area contributed by atoms with Crippen LogP contribution in [-0.2, 0) is 16.1 Å². The maximum absolute atomic E-state index is 13.1. The Labute approximate surface area is 173 Å². The average Bonchev–Trinajstić information content (AvgIpc) is 2.72. The second-order valence-electron chi connectivity index (χ2n) is 6.79. The number of hydrogen-bond acceptors (Lipinski definition) is 6. The summed E-state index contributed by atoms with van der Waals surface area (Å²) in [4.78, 5) is 41.5. The van der Waals surface area contributed by atoms with Gasteiger partial charge in [-0.1, -0.05) is 37.3 Å². The van der Waals surface area contributed by atoms with Crippen molar-refractivity contribution in [2.75, 3.05) is 0 Å². The van der Waals surface area contributed by atoms with Crippen molar-refractivity contribution < 1.29 is 29.6 Å². The lowest BCUT2D eigenvalue weighted by atomic mass is 10.0. The monoisotopic (exact) mass is 416 g/mol. The van der Waals surface area contributed by atoms with E-state index in [1.54, 1.807) is 25.1 Å². The maximum atomic E-state index is 13.1. The summed E-state index contributed by atoms with van der Waals surface area (Å²) in [6.07, 6.45) is -1.01. The topological polar surface area (TPSA) is 130 Å². The molecule has 0 heterocycles. The Hall–Kier alpha value is -3.46. The number of nitrogens with zero attached hydrogens (tertiary/aromatic N) is 2. The van der Waals surface area contributed by atoms with E-state index in [1.165, 1.54) is 43.3 Å². The number of hydroxylamine groups is 2. The molecule has 2 rings (SSSR count). The van der Waals surface area contributed by atoms with Gasteiger partial charge in [-0.2, -0.15) is 0 Å². The Bertz CT molecular complexity index is 871. The van der Waals surface area contributed by atoms with E-state index < -0.39 is 35.0 Å². The molecule has 160 valence electrons. The van der Waals surface area contributed by atoms with Crippen molar-refractivity contribution in [3.05, 3.63) is 75.8 Å². The fourth-order valence-electron chi connectivity index (χ4n) is 3.00. The van der Waals surface area contributed by atoms with Crippen molar-refractivity contribution in [2.45, 2.75) is 44.9 Å². The van der Waals surface area contributed by atoms with E-state index in [-0.39, 0.29) is 24.2 Å². The second kappa shape index (κ2) is 10.4. The van der Waals surface area contributed by atoms with Crippen molar-refractivity contribution in [1.29, 1.82) is 0 Å². The predicted molar refractivity (Wildman–Crippen MR) is 107 cm³/mol. The van der Waals surface area contributed by atoms with Gasteiger partial charge in [0.1, 0.15) is 11.9 Å². The summed E-state index contributed by atoms with van der Waals surface area (Å²) in [6.45, 7) is 3.05. The molecular formula is C21H24N2O7. The van der Waals surface area contributed by atoms with Gasteiger partial charge in [0.15, 0.2) is 6.04 Å². The van der Waals surface area contributed by atoms with Gasteiger partial charge in [0.25, 0.3) is 5.91 Å². The summed E-state index contributed by atoms with van der Waals surface area (Å²) in [5, 5.41) is 31.3. The summed E-state index contributed by atoms with van der Waals surface area (Å²) in [7, 11) is 0. The lowest BCUT2D eigenvalue weighted by Gasteiger charge is -2.31. The molecule has 0 fully saturated rings. The van der Waals surface area contributed by atoms with Gasteiger partial charge >= 0.3 is 5.97 Å². The highest BCUT2D eigenvalue weighted by Gasteiger charge is 2.37. The molecule has 0 aromatic heterocycles. The van der Waals surface area contributed by atoms with Crippen LogP contribution < -0.4 is 0 Å². The number of hydrogen-bond donors (Lipinski definition) is 2. The lowest BCUT2D eigenvalue weighted by molar-refractivity contribution is -0.539. The van der Waals surface area contributed by atoms with Gasteiger partial charge in [0.2, 0.25) is 6.04 Å². The summed E-state index contributed by atoms with van der Waals surface area (Å²) in [5.74, 6) is -2.02. The number of aromatic hydroxyl groups is 1. The first-order chi connectivity index (χ1) is 14.2. The molecule has 0 aliphatic carbocycles. The summed E-state index contributed by atoms with van der Waals surface area (Å²) in [5.41, 5.74) is 0.736. The number of benzene rings is 2. The number of phenols is 1. The lowest BCUT2D eigenvalue weighted by Crippen LogP contribution is -2.50. The Morgan fingerprint density at radius 2 is 1.73 bits per heavy atom. The number of carboxylic acid groups (broad SMARTS) is 1. The highest BCUT2D eigenvalue weighted by atomic mass is 16.7. The molecule has 9 heteroatoms. The number of amides is 1. The molecule has 0 radical (unpaired) electrons. The summed E-state index contributed by atoms with van der Waals surface area (Å²) in [6, 6.07) is 11.3. The normalized spacial score (nSPS) is 13.8. The first-order valence-corrected chi connectivity index (χ1v) is 9.44. The van der Waals surface area contributed by atoms with Crippen LogP contribution in [0.25, 0.3) is 0 Å². The van der Waals surface area contributed by atoms with Gasteiger partial charge in [-0.05, 0) is 36.8 Å². The molecule has 2 unspecified atom stereocenters. The van der Waals surface area contributed by atoms with Crippen molar-refractivity contribution in [1.82, 2.24) is 5.06 Å². The molecule has 2 aromatic carbocycles. The first kappa shape index (κ1) is 22.8.